The summed E-state index contributed by atoms with van der Waals surface area (Å²) in [4.78, 5) is 54.3. The molecule has 1 aromatic rings. The van der Waals surface area contributed by atoms with E-state index in [9.17, 15) is 19.2 Å². The van der Waals surface area contributed by atoms with Crippen LogP contribution in [-0.4, -0.2) is 84.7 Å². The van der Waals surface area contributed by atoms with E-state index in [0.29, 0.717) is 44.0 Å². The highest BCUT2D eigenvalue weighted by Crippen LogP contribution is 2.20. The first-order valence-electron chi connectivity index (χ1n) is 9.52. The summed E-state index contributed by atoms with van der Waals surface area (Å²) in [5.41, 5.74) is 1.29. The summed E-state index contributed by atoms with van der Waals surface area (Å²) in [6.45, 7) is 8.16. The average Bonchev–Trinajstić information content (AvgIpc) is 3.00. The first kappa shape index (κ1) is 22.3. The molecule has 1 aliphatic heterocycles. The van der Waals surface area contributed by atoms with Gasteiger partial charge in [-0.2, -0.15) is 0 Å². The normalized spacial score (nSPS) is 13.8. The number of amides is 2. The number of piperazine rings is 1. The summed E-state index contributed by atoms with van der Waals surface area (Å²) in [6, 6.07) is 0. The molecule has 2 heterocycles. The van der Waals surface area contributed by atoms with Crippen LogP contribution in [0.1, 0.15) is 46.0 Å². The third-order valence-electron chi connectivity index (χ3n) is 4.61. The van der Waals surface area contributed by atoms with Gasteiger partial charge in [-0.3, -0.25) is 4.79 Å². The fraction of sp³-hybridized carbons (Fsp3) is 0.579. The zero-order valence-electron chi connectivity index (χ0n) is 17.2. The maximum atomic E-state index is 12.4. The van der Waals surface area contributed by atoms with Gasteiger partial charge in [-0.05, 0) is 33.3 Å². The van der Waals surface area contributed by atoms with Crippen molar-refractivity contribution in [1.29, 1.82) is 0 Å². The predicted molar refractivity (Wildman–Crippen MR) is 102 cm³/mol. The lowest BCUT2D eigenvalue weighted by molar-refractivity contribution is -0.136. The largest absolute Gasteiger partial charge is 0.461 e. The molecular weight excluding hydrogens is 382 g/mol. The minimum atomic E-state index is -0.690. The summed E-state index contributed by atoms with van der Waals surface area (Å²) < 4.78 is 15.1. The molecule has 160 valence electrons. The Morgan fingerprint density at radius 2 is 1.45 bits per heavy atom. The Hall–Kier alpha value is -3.04. The second kappa shape index (κ2) is 9.94. The van der Waals surface area contributed by atoms with E-state index in [1.165, 1.54) is 9.80 Å². The third kappa shape index (κ3) is 5.27. The predicted octanol–water partition coefficient (Wildman–Crippen LogP) is 1.27. The van der Waals surface area contributed by atoms with Gasteiger partial charge in [-0.1, -0.05) is 0 Å². The molecule has 0 radical (unpaired) electrons. The number of nitrogens with one attached hydrogen (secondary N) is 1. The molecule has 0 saturated carbocycles. The minimum absolute atomic E-state index is 0.192. The van der Waals surface area contributed by atoms with Crippen LogP contribution in [0.5, 0.6) is 0 Å². The van der Waals surface area contributed by atoms with Gasteiger partial charge in [0, 0.05) is 31.9 Å². The van der Waals surface area contributed by atoms with Gasteiger partial charge in [0.2, 0.25) is 0 Å². The molecule has 0 unspecified atom stereocenters. The second-order valence-corrected chi connectivity index (χ2v) is 6.49. The number of nitrogens with zero attached hydrogens (tertiary/aromatic N) is 2. The van der Waals surface area contributed by atoms with Crippen molar-refractivity contribution in [1.82, 2.24) is 14.8 Å². The summed E-state index contributed by atoms with van der Waals surface area (Å²) >= 11 is 0. The van der Waals surface area contributed by atoms with Gasteiger partial charge in [0.05, 0.1) is 18.8 Å². The molecule has 1 saturated heterocycles. The Balaban J connectivity index is 1.91. The number of ether oxygens (including phenoxy) is 3. The van der Waals surface area contributed by atoms with Gasteiger partial charge in [-0.25, -0.2) is 14.4 Å². The van der Waals surface area contributed by atoms with Crippen LogP contribution < -0.4 is 0 Å². The number of hydrogen-bond acceptors (Lipinski definition) is 7. The van der Waals surface area contributed by atoms with Crippen LogP contribution in [-0.2, 0) is 19.0 Å². The molecule has 2 amide bonds. The van der Waals surface area contributed by atoms with E-state index in [2.05, 4.69) is 4.98 Å². The number of aryl methyl sites for hydroxylation is 1. The highest BCUT2D eigenvalue weighted by molar-refractivity contribution is 5.99. The van der Waals surface area contributed by atoms with Crippen LogP contribution in [0.3, 0.4) is 0 Å². The Morgan fingerprint density at radius 1 is 0.862 bits per heavy atom. The van der Waals surface area contributed by atoms with Crippen LogP contribution in [0.25, 0.3) is 0 Å². The van der Waals surface area contributed by atoms with Crippen molar-refractivity contribution in [3.8, 4) is 0 Å². The van der Waals surface area contributed by atoms with E-state index in [1.807, 2.05) is 0 Å². The number of esters is 2. The summed E-state index contributed by atoms with van der Waals surface area (Å²) in [5.74, 6) is -1.59. The molecule has 10 heteroatoms. The second-order valence-electron chi connectivity index (χ2n) is 6.49. The number of H-pyrrole nitrogens is 1. The Bertz CT molecular complexity index is 779. The van der Waals surface area contributed by atoms with Crippen LogP contribution in [0, 0.1) is 13.8 Å². The van der Waals surface area contributed by atoms with Crippen molar-refractivity contribution in [2.45, 2.75) is 27.7 Å². The highest BCUT2D eigenvalue weighted by atomic mass is 16.6. The molecule has 0 atom stereocenters. The van der Waals surface area contributed by atoms with E-state index in [1.54, 1.807) is 27.7 Å². The van der Waals surface area contributed by atoms with Gasteiger partial charge >= 0.3 is 18.0 Å². The van der Waals surface area contributed by atoms with E-state index in [-0.39, 0.29) is 23.8 Å². The molecular formula is C19H27N3O7. The topological polar surface area (TPSA) is 118 Å². The van der Waals surface area contributed by atoms with Gasteiger partial charge in [-0.15, -0.1) is 0 Å². The highest BCUT2D eigenvalue weighted by Gasteiger charge is 2.27. The van der Waals surface area contributed by atoms with Crippen molar-refractivity contribution in [3.63, 3.8) is 0 Å². The van der Waals surface area contributed by atoms with Gasteiger partial charge < -0.3 is 29.0 Å². The maximum Gasteiger partial charge on any atom is 0.409 e. The number of aromatic amines is 1. The van der Waals surface area contributed by atoms with E-state index < -0.39 is 24.6 Å². The SMILES string of the molecule is CCOC(=O)c1[nH]c(C)c(C(=O)OCC(=O)N2CCN(C(=O)OCC)CC2)c1C. The number of carbonyl (C=O) groups is 4. The summed E-state index contributed by atoms with van der Waals surface area (Å²) in [7, 11) is 0. The Labute approximate surface area is 169 Å². The number of carbonyl (C=O) groups excluding carboxylic acids is 4. The summed E-state index contributed by atoms with van der Waals surface area (Å²) in [5, 5.41) is 0. The molecule has 0 aromatic carbocycles. The summed E-state index contributed by atoms with van der Waals surface area (Å²) in [6.07, 6.45) is -0.401. The lowest BCUT2D eigenvalue weighted by atomic mass is 10.1. The van der Waals surface area contributed by atoms with Crippen LogP contribution in [0.2, 0.25) is 0 Å². The number of aromatic nitrogens is 1. The molecule has 2 rings (SSSR count). The van der Waals surface area contributed by atoms with Crippen molar-refractivity contribution < 1.29 is 33.4 Å². The van der Waals surface area contributed by atoms with Crippen LogP contribution in [0.4, 0.5) is 4.79 Å². The van der Waals surface area contributed by atoms with Crippen molar-refractivity contribution in [2.24, 2.45) is 0 Å². The first-order chi connectivity index (χ1) is 13.8. The quantitative estimate of drug-likeness (QED) is 0.555. The third-order valence-corrected chi connectivity index (χ3v) is 4.61. The van der Waals surface area contributed by atoms with E-state index >= 15 is 0 Å². The molecule has 1 N–H and O–H groups in total. The van der Waals surface area contributed by atoms with Crippen molar-refractivity contribution in [3.05, 3.63) is 22.5 Å². The van der Waals surface area contributed by atoms with Gasteiger partial charge in [0.1, 0.15) is 5.69 Å². The fourth-order valence-corrected chi connectivity index (χ4v) is 3.11. The fourth-order valence-electron chi connectivity index (χ4n) is 3.11. The monoisotopic (exact) mass is 409 g/mol. The molecule has 29 heavy (non-hydrogen) atoms. The zero-order valence-corrected chi connectivity index (χ0v) is 17.2. The zero-order chi connectivity index (χ0) is 21.6. The number of hydrogen-bond donors (Lipinski definition) is 1. The van der Waals surface area contributed by atoms with Crippen LogP contribution in [0.15, 0.2) is 0 Å². The standard InChI is InChI=1S/C19H27N3O7/c1-5-27-18(25)16-12(3)15(13(4)20-16)17(24)29-11-14(23)21-7-9-22(10-8-21)19(26)28-6-2/h20H,5-11H2,1-4H3. The Kier molecular flexibility index (Phi) is 7.63. The lowest BCUT2D eigenvalue weighted by Gasteiger charge is -2.33. The molecule has 0 aliphatic carbocycles. The lowest BCUT2D eigenvalue weighted by Crippen LogP contribution is -2.51. The maximum absolute atomic E-state index is 12.4. The van der Waals surface area contributed by atoms with Crippen molar-refractivity contribution >= 4 is 23.9 Å². The Morgan fingerprint density at radius 3 is 2.03 bits per heavy atom. The first-order valence-corrected chi connectivity index (χ1v) is 9.52. The van der Waals surface area contributed by atoms with Crippen molar-refractivity contribution in [2.75, 3.05) is 46.0 Å². The average molecular weight is 409 g/mol. The van der Waals surface area contributed by atoms with E-state index in [0.717, 1.165) is 0 Å². The molecule has 1 aliphatic rings. The van der Waals surface area contributed by atoms with Gasteiger partial charge in [0.15, 0.2) is 6.61 Å². The molecule has 1 aromatic heterocycles. The molecule has 1 fully saturated rings. The molecule has 10 nitrogen and oxygen atoms in total. The van der Waals surface area contributed by atoms with E-state index in [4.69, 9.17) is 14.2 Å². The smallest absolute Gasteiger partial charge is 0.409 e. The molecule has 0 bridgehead atoms. The van der Waals surface area contributed by atoms with Crippen LogP contribution >= 0.6 is 0 Å². The number of rotatable bonds is 6. The minimum Gasteiger partial charge on any atom is -0.461 e. The van der Waals surface area contributed by atoms with Gasteiger partial charge in [0.25, 0.3) is 5.91 Å². The molecule has 0 spiro atoms.